The van der Waals surface area contributed by atoms with Crippen LogP contribution in [0, 0.1) is 35.9 Å². The van der Waals surface area contributed by atoms with Crippen LogP contribution >= 0.6 is 11.6 Å². The molecular weight excluding hydrogens is 325 g/mol. The lowest BCUT2D eigenvalue weighted by Gasteiger charge is -2.04. The number of halogens is 2. The van der Waals surface area contributed by atoms with E-state index in [0.29, 0.717) is 16.4 Å². The Hall–Kier alpha value is -3.08. The fraction of sp³-hybridized carbons (Fsp3) is 0.0526. The highest BCUT2D eigenvalue weighted by molar-refractivity contribution is 6.30. The number of nitriles is 1. The maximum atomic E-state index is 13.6. The molecule has 0 bridgehead atoms. The van der Waals surface area contributed by atoms with Crippen molar-refractivity contribution >= 4 is 11.6 Å². The summed E-state index contributed by atoms with van der Waals surface area (Å²) in [7, 11) is 0. The van der Waals surface area contributed by atoms with Crippen molar-refractivity contribution in [3.8, 4) is 23.6 Å². The van der Waals surface area contributed by atoms with Crippen molar-refractivity contribution in [2.45, 2.75) is 6.92 Å². The molecule has 5 heteroatoms. The van der Waals surface area contributed by atoms with Gasteiger partial charge in [0.05, 0.1) is 17.3 Å². The molecule has 0 spiro atoms. The summed E-state index contributed by atoms with van der Waals surface area (Å²) < 4.78 is 15.2. The minimum Gasteiger partial charge on any atom is -0.237 e. The van der Waals surface area contributed by atoms with E-state index in [4.69, 9.17) is 16.9 Å². The van der Waals surface area contributed by atoms with Gasteiger partial charge in [-0.25, -0.2) is 9.07 Å². The summed E-state index contributed by atoms with van der Waals surface area (Å²) in [4.78, 5) is 0. The summed E-state index contributed by atoms with van der Waals surface area (Å²) in [5.41, 5.74) is 2.86. The van der Waals surface area contributed by atoms with Crippen LogP contribution < -0.4 is 0 Å². The highest BCUT2D eigenvalue weighted by Crippen LogP contribution is 2.16. The Morgan fingerprint density at radius 2 is 1.92 bits per heavy atom. The monoisotopic (exact) mass is 335 g/mol. The van der Waals surface area contributed by atoms with E-state index in [1.807, 2.05) is 25.1 Å². The van der Waals surface area contributed by atoms with Crippen molar-refractivity contribution < 1.29 is 4.39 Å². The smallest absolute Gasteiger partial charge is 0.136 e. The molecule has 0 fully saturated rings. The van der Waals surface area contributed by atoms with E-state index in [9.17, 15) is 4.39 Å². The average Bonchev–Trinajstić information content (AvgIpc) is 2.93. The first-order valence-corrected chi connectivity index (χ1v) is 7.48. The zero-order chi connectivity index (χ0) is 17.1. The number of benzene rings is 2. The lowest BCUT2D eigenvalue weighted by molar-refractivity contribution is 0.624. The van der Waals surface area contributed by atoms with Crippen LogP contribution in [0.5, 0.6) is 0 Å². The van der Waals surface area contributed by atoms with Gasteiger partial charge in [-0.1, -0.05) is 23.6 Å². The van der Waals surface area contributed by atoms with Crippen molar-refractivity contribution in [2.24, 2.45) is 0 Å². The molecule has 0 aliphatic heterocycles. The Labute approximate surface area is 143 Å². The van der Waals surface area contributed by atoms with Gasteiger partial charge in [0.1, 0.15) is 11.5 Å². The van der Waals surface area contributed by atoms with Gasteiger partial charge in [-0.15, -0.1) is 0 Å². The maximum absolute atomic E-state index is 13.6. The molecule has 3 aromatic rings. The second-order valence-corrected chi connectivity index (χ2v) is 5.59. The van der Waals surface area contributed by atoms with Crippen LogP contribution in [-0.2, 0) is 0 Å². The van der Waals surface area contributed by atoms with Crippen molar-refractivity contribution in [2.75, 3.05) is 0 Å². The first kappa shape index (κ1) is 15.8. The zero-order valence-electron chi connectivity index (χ0n) is 12.7. The van der Waals surface area contributed by atoms with E-state index < -0.39 is 5.82 Å². The van der Waals surface area contributed by atoms with E-state index in [0.717, 1.165) is 11.3 Å². The number of hydrogen-bond acceptors (Lipinski definition) is 2. The zero-order valence-corrected chi connectivity index (χ0v) is 13.5. The fourth-order valence-corrected chi connectivity index (χ4v) is 2.45. The van der Waals surface area contributed by atoms with Gasteiger partial charge in [0.2, 0.25) is 0 Å². The molecule has 2 aromatic carbocycles. The minimum atomic E-state index is -0.481. The quantitative estimate of drug-likeness (QED) is 0.624. The van der Waals surface area contributed by atoms with Crippen molar-refractivity contribution in [3.63, 3.8) is 0 Å². The highest BCUT2D eigenvalue weighted by atomic mass is 35.5. The average molecular weight is 336 g/mol. The molecule has 0 N–H and O–H groups in total. The summed E-state index contributed by atoms with van der Waals surface area (Å²) in [6.07, 6.45) is 0. The van der Waals surface area contributed by atoms with Gasteiger partial charge in [0.15, 0.2) is 0 Å². The van der Waals surface area contributed by atoms with Gasteiger partial charge in [0, 0.05) is 16.3 Å². The van der Waals surface area contributed by atoms with Crippen molar-refractivity contribution in [1.82, 2.24) is 9.78 Å². The molecule has 0 aliphatic carbocycles. The maximum Gasteiger partial charge on any atom is 0.136 e. The molecule has 0 saturated heterocycles. The van der Waals surface area contributed by atoms with Crippen molar-refractivity contribution in [3.05, 3.63) is 81.9 Å². The van der Waals surface area contributed by atoms with Gasteiger partial charge < -0.3 is 0 Å². The topological polar surface area (TPSA) is 41.6 Å². The van der Waals surface area contributed by atoms with E-state index in [1.165, 1.54) is 12.1 Å². The predicted molar refractivity (Wildman–Crippen MR) is 90.4 cm³/mol. The SMILES string of the molecule is Cc1cc(C#Cc2cccc(Cl)c2)nn1-c1cc(F)cc(C#N)c1. The molecular formula is C19H11ClFN3. The summed E-state index contributed by atoms with van der Waals surface area (Å²) in [6.45, 7) is 1.84. The summed E-state index contributed by atoms with van der Waals surface area (Å²) in [5, 5.41) is 13.9. The van der Waals surface area contributed by atoms with E-state index in [2.05, 4.69) is 16.9 Å². The van der Waals surface area contributed by atoms with Crippen LogP contribution in [0.3, 0.4) is 0 Å². The lowest BCUT2D eigenvalue weighted by Crippen LogP contribution is -2.00. The Morgan fingerprint density at radius 1 is 1.08 bits per heavy atom. The van der Waals surface area contributed by atoms with E-state index in [1.54, 1.807) is 28.9 Å². The Bertz CT molecular complexity index is 1020. The van der Waals surface area contributed by atoms with Crippen LogP contribution in [0.2, 0.25) is 5.02 Å². The second-order valence-electron chi connectivity index (χ2n) is 5.15. The van der Waals surface area contributed by atoms with Crippen LogP contribution in [-0.4, -0.2) is 9.78 Å². The van der Waals surface area contributed by atoms with Gasteiger partial charge in [0.25, 0.3) is 0 Å². The van der Waals surface area contributed by atoms with Gasteiger partial charge in [-0.05, 0) is 55.3 Å². The normalized spacial score (nSPS) is 9.92. The lowest BCUT2D eigenvalue weighted by atomic mass is 10.2. The Balaban J connectivity index is 1.97. The first-order valence-electron chi connectivity index (χ1n) is 7.10. The van der Waals surface area contributed by atoms with Crippen LogP contribution in [0.1, 0.15) is 22.5 Å². The van der Waals surface area contributed by atoms with Crippen LogP contribution in [0.4, 0.5) is 4.39 Å². The largest absolute Gasteiger partial charge is 0.237 e. The fourth-order valence-electron chi connectivity index (χ4n) is 2.26. The number of aromatic nitrogens is 2. The standard InChI is InChI=1S/C19H11ClFN3/c1-13-7-18(6-5-14-3-2-4-16(20)8-14)23-24(13)19-10-15(12-22)9-17(21)11-19/h2-4,7-11H,1H3. The number of aryl methyl sites for hydroxylation is 1. The van der Waals surface area contributed by atoms with Gasteiger partial charge >= 0.3 is 0 Å². The van der Waals surface area contributed by atoms with Crippen LogP contribution in [0.15, 0.2) is 48.5 Å². The van der Waals surface area contributed by atoms with Gasteiger partial charge in [-0.3, -0.25) is 0 Å². The second kappa shape index (κ2) is 6.58. The molecule has 116 valence electrons. The molecule has 0 aliphatic rings. The molecule has 3 nitrogen and oxygen atoms in total. The molecule has 1 aromatic heterocycles. The first-order chi connectivity index (χ1) is 11.5. The summed E-state index contributed by atoms with van der Waals surface area (Å²) in [5.74, 6) is 5.47. The molecule has 0 unspecified atom stereocenters. The summed E-state index contributed by atoms with van der Waals surface area (Å²) >= 11 is 5.93. The molecule has 3 rings (SSSR count). The molecule has 0 saturated carbocycles. The third kappa shape index (κ3) is 3.46. The third-order valence-electron chi connectivity index (χ3n) is 3.30. The van der Waals surface area contributed by atoms with E-state index in [-0.39, 0.29) is 5.56 Å². The Morgan fingerprint density at radius 3 is 2.67 bits per heavy atom. The molecule has 0 atom stereocenters. The minimum absolute atomic E-state index is 0.242. The number of rotatable bonds is 1. The predicted octanol–water partition coefficient (Wildman–Crippen LogP) is 4.24. The van der Waals surface area contributed by atoms with E-state index >= 15 is 0 Å². The van der Waals surface area contributed by atoms with Crippen LogP contribution in [0.25, 0.3) is 5.69 Å². The summed E-state index contributed by atoms with van der Waals surface area (Å²) in [6, 6.07) is 15.1. The Kier molecular flexibility index (Phi) is 4.33. The molecule has 0 radical (unpaired) electrons. The molecule has 24 heavy (non-hydrogen) atoms. The van der Waals surface area contributed by atoms with Gasteiger partial charge in [-0.2, -0.15) is 10.4 Å². The molecule has 1 heterocycles. The molecule has 0 amide bonds. The highest BCUT2D eigenvalue weighted by Gasteiger charge is 2.08. The van der Waals surface area contributed by atoms with Crippen molar-refractivity contribution in [1.29, 1.82) is 5.26 Å². The number of nitrogens with zero attached hydrogens (tertiary/aromatic N) is 3. The number of hydrogen-bond donors (Lipinski definition) is 0. The third-order valence-corrected chi connectivity index (χ3v) is 3.54.